The molecule has 1 heterocycles. The highest BCUT2D eigenvalue weighted by atomic mass is 16.5. The van der Waals surface area contributed by atoms with Crippen molar-refractivity contribution in [2.75, 3.05) is 26.2 Å². The van der Waals surface area contributed by atoms with Crippen LogP contribution in [-0.4, -0.2) is 42.8 Å². The molecule has 0 aromatic rings. The Morgan fingerprint density at radius 1 is 1.47 bits per heavy atom. The van der Waals surface area contributed by atoms with Crippen LogP contribution in [0.15, 0.2) is 0 Å². The smallest absolute Gasteiger partial charge is 0.0700 e. The second kappa shape index (κ2) is 5.83. The van der Waals surface area contributed by atoms with Crippen LogP contribution in [0.4, 0.5) is 0 Å². The van der Waals surface area contributed by atoms with E-state index in [9.17, 15) is 0 Å². The molecule has 0 saturated carbocycles. The zero-order valence-electron chi connectivity index (χ0n) is 10.5. The van der Waals surface area contributed by atoms with Crippen LogP contribution in [0, 0.1) is 0 Å². The van der Waals surface area contributed by atoms with E-state index >= 15 is 0 Å². The van der Waals surface area contributed by atoms with Gasteiger partial charge in [-0.15, -0.1) is 0 Å². The molecule has 0 radical (unpaired) electrons. The van der Waals surface area contributed by atoms with Crippen LogP contribution in [0.1, 0.15) is 40.0 Å². The average molecular weight is 214 g/mol. The summed E-state index contributed by atoms with van der Waals surface area (Å²) >= 11 is 0. The fourth-order valence-corrected chi connectivity index (χ4v) is 1.99. The van der Waals surface area contributed by atoms with Gasteiger partial charge in [0, 0.05) is 18.6 Å². The van der Waals surface area contributed by atoms with Crippen molar-refractivity contribution < 1.29 is 4.74 Å². The van der Waals surface area contributed by atoms with Crippen molar-refractivity contribution in [3.63, 3.8) is 0 Å². The molecule has 1 atom stereocenters. The van der Waals surface area contributed by atoms with Gasteiger partial charge in [0.2, 0.25) is 0 Å². The summed E-state index contributed by atoms with van der Waals surface area (Å²) in [4.78, 5) is 2.50. The summed E-state index contributed by atoms with van der Waals surface area (Å²) in [5, 5.41) is 0. The van der Waals surface area contributed by atoms with E-state index in [0.717, 1.165) is 32.5 Å². The molecule has 3 heteroatoms. The van der Waals surface area contributed by atoms with Gasteiger partial charge in [-0.1, -0.05) is 6.92 Å². The van der Waals surface area contributed by atoms with Crippen molar-refractivity contribution in [1.82, 2.24) is 4.90 Å². The Bertz CT molecular complexity index is 177. The molecule has 1 unspecified atom stereocenters. The number of hydrogen-bond acceptors (Lipinski definition) is 3. The second-order valence-electron chi connectivity index (χ2n) is 5.29. The lowest BCUT2D eigenvalue weighted by Gasteiger charge is -2.33. The van der Waals surface area contributed by atoms with Crippen LogP contribution in [0.3, 0.4) is 0 Å². The lowest BCUT2D eigenvalue weighted by molar-refractivity contribution is -0.0302. The van der Waals surface area contributed by atoms with Gasteiger partial charge in [-0.3, -0.25) is 4.90 Å². The molecule has 0 aromatic heterocycles. The zero-order chi connectivity index (χ0) is 11.3. The first kappa shape index (κ1) is 12.9. The molecule has 0 aromatic carbocycles. The Balaban J connectivity index is 2.15. The van der Waals surface area contributed by atoms with Crippen molar-refractivity contribution in [2.45, 2.75) is 51.7 Å². The highest BCUT2D eigenvalue weighted by Gasteiger charge is 2.19. The fourth-order valence-electron chi connectivity index (χ4n) is 1.99. The second-order valence-corrected chi connectivity index (χ2v) is 5.29. The lowest BCUT2D eigenvalue weighted by Crippen LogP contribution is -2.43. The van der Waals surface area contributed by atoms with Crippen molar-refractivity contribution in [3.8, 4) is 0 Å². The van der Waals surface area contributed by atoms with Gasteiger partial charge in [0.1, 0.15) is 0 Å². The van der Waals surface area contributed by atoms with Crippen molar-refractivity contribution in [3.05, 3.63) is 0 Å². The Kier molecular flexibility index (Phi) is 5.03. The number of ether oxygens (including phenoxy) is 1. The molecule has 0 spiro atoms. The van der Waals surface area contributed by atoms with E-state index in [1.165, 1.54) is 13.0 Å². The minimum Gasteiger partial charge on any atom is -0.376 e. The van der Waals surface area contributed by atoms with Crippen LogP contribution in [0.2, 0.25) is 0 Å². The van der Waals surface area contributed by atoms with Crippen LogP contribution in [0.5, 0.6) is 0 Å². The maximum Gasteiger partial charge on any atom is 0.0700 e. The standard InChI is InChI=1S/C12H26N2O/c1-4-11-10-14(8-9-15-11)7-5-6-12(2,3)13/h11H,4-10,13H2,1-3H3. The molecular weight excluding hydrogens is 188 g/mol. The van der Waals surface area contributed by atoms with E-state index in [0.29, 0.717) is 6.10 Å². The van der Waals surface area contributed by atoms with Gasteiger partial charge in [0.15, 0.2) is 0 Å². The van der Waals surface area contributed by atoms with E-state index in [4.69, 9.17) is 10.5 Å². The van der Waals surface area contributed by atoms with E-state index in [1.54, 1.807) is 0 Å². The molecule has 1 rings (SSSR count). The zero-order valence-corrected chi connectivity index (χ0v) is 10.5. The highest BCUT2D eigenvalue weighted by Crippen LogP contribution is 2.11. The minimum absolute atomic E-state index is 0.0174. The number of rotatable bonds is 5. The molecule has 3 nitrogen and oxygen atoms in total. The predicted octanol–water partition coefficient (Wildman–Crippen LogP) is 1.61. The van der Waals surface area contributed by atoms with E-state index in [1.807, 2.05) is 0 Å². The summed E-state index contributed by atoms with van der Waals surface area (Å²) in [6.45, 7) is 10.6. The summed E-state index contributed by atoms with van der Waals surface area (Å²) in [5.41, 5.74) is 5.94. The lowest BCUT2D eigenvalue weighted by atomic mass is 10.00. The van der Waals surface area contributed by atoms with Crippen LogP contribution < -0.4 is 5.73 Å². The molecular formula is C12H26N2O. The summed E-state index contributed by atoms with van der Waals surface area (Å²) in [5.74, 6) is 0. The molecule has 1 saturated heterocycles. The van der Waals surface area contributed by atoms with Crippen molar-refractivity contribution >= 4 is 0 Å². The van der Waals surface area contributed by atoms with Gasteiger partial charge in [-0.05, 0) is 39.7 Å². The minimum atomic E-state index is -0.0174. The monoisotopic (exact) mass is 214 g/mol. The first-order valence-electron chi connectivity index (χ1n) is 6.14. The summed E-state index contributed by atoms with van der Waals surface area (Å²) < 4.78 is 5.64. The predicted molar refractivity (Wildman–Crippen MR) is 64.0 cm³/mol. The number of nitrogens with zero attached hydrogens (tertiary/aromatic N) is 1. The third-order valence-corrected chi connectivity index (χ3v) is 2.97. The molecule has 1 aliphatic rings. The van der Waals surface area contributed by atoms with Crippen LogP contribution >= 0.6 is 0 Å². The molecule has 1 fully saturated rings. The topological polar surface area (TPSA) is 38.5 Å². The Labute approximate surface area is 94.0 Å². The third kappa shape index (κ3) is 5.50. The maximum atomic E-state index is 5.96. The number of nitrogens with two attached hydrogens (primary N) is 1. The maximum absolute atomic E-state index is 5.96. The first-order valence-corrected chi connectivity index (χ1v) is 6.14. The summed E-state index contributed by atoms with van der Waals surface area (Å²) in [7, 11) is 0. The largest absolute Gasteiger partial charge is 0.376 e. The fraction of sp³-hybridized carbons (Fsp3) is 1.00. The molecule has 15 heavy (non-hydrogen) atoms. The van der Waals surface area contributed by atoms with Crippen molar-refractivity contribution in [2.24, 2.45) is 5.73 Å². The Morgan fingerprint density at radius 3 is 2.80 bits per heavy atom. The number of morpholine rings is 1. The molecule has 2 N–H and O–H groups in total. The number of hydrogen-bond donors (Lipinski definition) is 1. The van der Waals surface area contributed by atoms with Gasteiger partial charge >= 0.3 is 0 Å². The van der Waals surface area contributed by atoms with Crippen LogP contribution in [0.25, 0.3) is 0 Å². The van der Waals surface area contributed by atoms with Crippen molar-refractivity contribution in [1.29, 1.82) is 0 Å². The van der Waals surface area contributed by atoms with E-state index in [2.05, 4.69) is 25.7 Å². The average Bonchev–Trinajstić information content (AvgIpc) is 2.16. The summed E-state index contributed by atoms with van der Waals surface area (Å²) in [6, 6.07) is 0. The van der Waals surface area contributed by atoms with Gasteiger partial charge in [0.25, 0.3) is 0 Å². The SMILES string of the molecule is CCC1CN(CCCC(C)(C)N)CCO1. The van der Waals surface area contributed by atoms with Gasteiger partial charge in [-0.2, -0.15) is 0 Å². The summed E-state index contributed by atoms with van der Waals surface area (Å²) in [6.07, 6.45) is 3.87. The van der Waals surface area contributed by atoms with E-state index < -0.39 is 0 Å². The van der Waals surface area contributed by atoms with Gasteiger partial charge in [0.05, 0.1) is 12.7 Å². The Hall–Kier alpha value is -0.120. The Morgan fingerprint density at radius 2 is 2.20 bits per heavy atom. The molecule has 0 aliphatic carbocycles. The molecule has 1 aliphatic heterocycles. The normalized spacial score (nSPS) is 24.4. The molecule has 0 bridgehead atoms. The molecule has 90 valence electrons. The van der Waals surface area contributed by atoms with Crippen LogP contribution in [-0.2, 0) is 4.74 Å². The molecule has 0 amide bonds. The third-order valence-electron chi connectivity index (χ3n) is 2.97. The van der Waals surface area contributed by atoms with E-state index in [-0.39, 0.29) is 5.54 Å². The highest BCUT2D eigenvalue weighted by molar-refractivity contribution is 4.74. The van der Waals surface area contributed by atoms with Gasteiger partial charge < -0.3 is 10.5 Å². The quantitative estimate of drug-likeness (QED) is 0.755. The first-order chi connectivity index (χ1) is 7.01. The van der Waals surface area contributed by atoms with Gasteiger partial charge in [-0.25, -0.2) is 0 Å².